The molecule has 6 heteroatoms. The maximum Gasteiger partial charge on any atom is 0.238 e. The fourth-order valence-corrected chi connectivity index (χ4v) is 3.44. The molecule has 25 heavy (non-hydrogen) atoms. The zero-order valence-corrected chi connectivity index (χ0v) is 16.0. The van der Waals surface area contributed by atoms with Crippen molar-refractivity contribution in [2.45, 2.75) is 39.2 Å². The van der Waals surface area contributed by atoms with Crippen molar-refractivity contribution in [2.24, 2.45) is 11.8 Å². The lowest BCUT2D eigenvalue weighted by Crippen LogP contribution is -2.47. The van der Waals surface area contributed by atoms with Gasteiger partial charge in [-0.05, 0) is 49.6 Å². The summed E-state index contributed by atoms with van der Waals surface area (Å²) in [5, 5.41) is 6.55. The topological polar surface area (TPSA) is 61.4 Å². The highest BCUT2D eigenvalue weighted by Gasteiger charge is 2.28. The second-order valence-electron chi connectivity index (χ2n) is 7.17. The maximum absolute atomic E-state index is 12.3. The Hall–Kier alpha value is -1.59. The fourth-order valence-electron chi connectivity index (χ4n) is 3.32. The van der Waals surface area contributed by atoms with Crippen molar-refractivity contribution in [3.8, 4) is 0 Å². The molecule has 0 radical (unpaired) electrons. The highest BCUT2D eigenvalue weighted by molar-refractivity contribution is 6.30. The summed E-state index contributed by atoms with van der Waals surface area (Å²) in [5.41, 5.74) is 0.692. The molecular weight excluding hydrogens is 338 g/mol. The number of rotatable bonds is 6. The lowest BCUT2D eigenvalue weighted by atomic mass is 9.78. The van der Waals surface area contributed by atoms with Gasteiger partial charge < -0.3 is 10.6 Å². The highest BCUT2D eigenvalue weighted by Crippen LogP contribution is 2.29. The Bertz CT molecular complexity index is 591. The van der Waals surface area contributed by atoms with Gasteiger partial charge in [0.15, 0.2) is 0 Å². The van der Waals surface area contributed by atoms with Crippen LogP contribution in [0.5, 0.6) is 0 Å². The number of carbonyl (C=O) groups excluding carboxylic acids is 2. The van der Waals surface area contributed by atoms with E-state index in [9.17, 15) is 9.59 Å². The van der Waals surface area contributed by atoms with Gasteiger partial charge in [-0.25, -0.2) is 0 Å². The summed E-state index contributed by atoms with van der Waals surface area (Å²) < 4.78 is 0. The van der Waals surface area contributed by atoms with Crippen LogP contribution in [0.2, 0.25) is 5.02 Å². The second kappa shape index (κ2) is 9.20. The molecule has 3 unspecified atom stereocenters. The number of nitrogens with one attached hydrogen (secondary N) is 2. The molecule has 1 aromatic rings. The van der Waals surface area contributed by atoms with Crippen molar-refractivity contribution >= 4 is 29.1 Å². The van der Waals surface area contributed by atoms with Crippen LogP contribution in [-0.4, -0.2) is 42.9 Å². The van der Waals surface area contributed by atoms with Gasteiger partial charge in [-0.2, -0.15) is 0 Å². The van der Waals surface area contributed by atoms with Gasteiger partial charge in [-0.3, -0.25) is 14.5 Å². The molecule has 1 fully saturated rings. The van der Waals surface area contributed by atoms with E-state index in [0.717, 1.165) is 12.8 Å². The maximum atomic E-state index is 12.3. The predicted molar refractivity (Wildman–Crippen MR) is 102 cm³/mol. The monoisotopic (exact) mass is 365 g/mol. The molecule has 2 N–H and O–H groups in total. The first-order valence-electron chi connectivity index (χ1n) is 8.88. The van der Waals surface area contributed by atoms with Crippen LogP contribution in [0.25, 0.3) is 0 Å². The number of likely N-dealkylation sites (N-methyl/N-ethyl adjacent to an activating group) is 1. The fraction of sp³-hybridized carbons (Fsp3) is 0.579. The van der Waals surface area contributed by atoms with Crippen LogP contribution < -0.4 is 10.6 Å². The number of nitrogens with zero attached hydrogens (tertiary/aromatic N) is 1. The van der Waals surface area contributed by atoms with Gasteiger partial charge >= 0.3 is 0 Å². The molecule has 5 nitrogen and oxygen atoms in total. The van der Waals surface area contributed by atoms with Crippen LogP contribution in [0.15, 0.2) is 24.3 Å². The molecule has 1 aliphatic rings. The molecule has 3 atom stereocenters. The van der Waals surface area contributed by atoms with E-state index in [1.807, 2.05) is 0 Å². The third-order valence-corrected chi connectivity index (χ3v) is 5.26. The number of amides is 2. The first-order chi connectivity index (χ1) is 11.8. The Balaban J connectivity index is 1.75. The van der Waals surface area contributed by atoms with Crippen LogP contribution in [0.1, 0.15) is 33.1 Å². The molecule has 1 aromatic carbocycles. The van der Waals surface area contributed by atoms with Gasteiger partial charge in [0.1, 0.15) is 0 Å². The zero-order chi connectivity index (χ0) is 18.4. The molecule has 0 aromatic heterocycles. The SMILES string of the molecule is CC1CCCC(NC(=O)CN(C)CC(=O)Nc2ccc(Cl)cc2)C1C. The van der Waals surface area contributed by atoms with Crippen molar-refractivity contribution in [1.82, 2.24) is 10.2 Å². The standard InChI is InChI=1S/C19H28ClN3O2/c1-13-5-4-6-17(14(13)2)22-19(25)12-23(3)11-18(24)21-16-9-7-15(20)8-10-16/h7-10,13-14,17H,4-6,11-12H2,1-3H3,(H,21,24)(H,22,25). The Labute approximate surface area is 155 Å². The summed E-state index contributed by atoms with van der Waals surface area (Å²) in [7, 11) is 1.77. The molecule has 0 spiro atoms. The van der Waals surface area contributed by atoms with Gasteiger partial charge in [0.2, 0.25) is 11.8 Å². The van der Waals surface area contributed by atoms with Crippen molar-refractivity contribution < 1.29 is 9.59 Å². The largest absolute Gasteiger partial charge is 0.352 e. The minimum absolute atomic E-state index is 0.0206. The van der Waals surface area contributed by atoms with Crippen molar-refractivity contribution in [3.05, 3.63) is 29.3 Å². The summed E-state index contributed by atoms with van der Waals surface area (Å²) in [6.07, 6.45) is 3.44. The van der Waals surface area contributed by atoms with E-state index in [0.29, 0.717) is 22.5 Å². The Morgan fingerprint density at radius 3 is 2.44 bits per heavy atom. The van der Waals surface area contributed by atoms with E-state index in [1.54, 1.807) is 36.2 Å². The lowest BCUT2D eigenvalue weighted by molar-refractivity contribution is -0.124. The number of hydrogen-bond acceptors (Lipinski definition) is 3. The summed E-state index contributed by atoms with van der Waals surface area (Å²) in [5.74, 6) is 0.961. The van der Waals surface area contributed by atoms with E-state index >= 15 is 0 Å². The Morgan fingerprint density at radius 2 is 1.76 bits per heavy atom. The average Bonchev–Trinajstić information content (AvgIpc) is 2.53. The van der Waals surface area contributed by atoms with Gasteiger partial charge in [0.25, 0.3) is 0 Å². The third-order valence-electron chi connectivity index (χ3n) is 5.01. The second-order valence-corrected chi connectivity index (χ2v) is 7.61. The third kappa shape index (κ3) is 6.33. The minimum atomic E-state index is -0.155. The smallest absolute Gasteiger partial charge is 0.238 e. The predicted octanol–water partition coefficient (Wildman–Crippen LogP) is 3.15. The summed E-state index contributed by atoms with van der Waals surface area (Å²) in [6, 6.07) is 7.19. The lowest BCUT2D eigenvalue weighted by Gasteiger charge is -2.34. The quantitative estimate of drug-likeness (QED) is 0.814. The first-order valence-corrected chi connectivity index (χ1v) is 9.26. The highest BCUT2D eigenvalue weighted by atomic mass is 35.5. The van der Waals surface area contributed by atoms with Crippen LogP contribution >= 0.6 is 11.6 Å². The number of carbonyl (C=O) groups is 2. The number of benzene rings is 1. The molecule has 2 rings (SSSR count). The Morgan fingerprint density at radius 1 is 1.12 bits per heavy atom. The summed E-state index contributed by atoms with van der Waals surface area (Å²) in [4.78, 5) is 26.0. The van der Waals surface area contributed by atoms with Gasteiger partial charge in [-0.1, -0.05) is 38.3 Å². The minimum Gasteiger partial charge on any atom is -0.352 e. The average molecular weight is 366 g/mol. The number of halogens is 1. The van der Waals surface area contributed by atoms with E-state index in [1.165, 1.54) is 6.42 Å². The molecular formula is C19H28ClN3O2. The van der Waals surface area contributed by atoms with Crippen LogP contribution in [-0.2, 0) is 9.59 Å². The van der Waals surface area contributed by atoms with Crippen molar-refractivity contribution in [2.75, 3.05) is 25.5 Å². The van der Waals surface area contributed by atoms with Gasteiger partial charge in [0, 0.05) is 16.8 Å². The van der Waals surface area contributed by atoms with Crippen LogP contribution in [0.3, 0.4) is 0 Å². The van der Waals surface area contributed by atoms with E-state index in [2.05, 4.69) is 24.5 Å². The summed E-state index contributed by atoms with van der Waals surface area (Å²) in [6.45, 7) is 4.83. The summed E-state index contributed by atoms with van der Waals surface area (Å²) >= 11 is 5.82. The van der Waals surface area contributed by atoms with Crippen LogP contribution in [0, 0.1) is 11.8 Å². The molecule has 0 aliphatic heterocycles. The van der Waals surface area contributed by atoms with Crippen LogP contribution in [0.4, 0.5) is 5.69 Å². The first kappa shape index (κ1) is 19.7. The Kier molecular flexibility index (Phi) is 7.26. The molecule has 0 heterocycles. The number of anilines is 1. The van der Waals surface area contributed by atoms with E-state index < -0.39 is 0 Å². The molecule has 2 amide bonds. The zero-order valence-electron chi connectivity index (χ0n) is 15.2. The van der Waals surface area contributed by atoms with Gasteiger partial charge in [0.05, 0.1) is 13.1 Å². The number of hydrogen-bond donors (Lipinski definition) is 2. The molecule has 1 aliphatic carbocycles. The molecule has 0 saturated heterocycles. The van der Waals surface area contributed by atoms with Crippen molar-refractivity contribution in [3.63, 3.8) is 0 Å². The van der Waals surface area contributed by atoms with Crippen molar-refractivity contribution in [1.29, 1.82) is 0 Å². The normalized spacial score (nSPS) is 23.3. The molecule has 1 saturated carbocycles. The van der Waals surface area contributed by atoms with Gasteiger partial charge in [-0.15, -0.1) is 0 Å². The van der Waals surface area contributed by atoms with E-state index in [4.69, 9.17) is 11.6 Å². The molecule has 138 valence electrons. The van der Waals surface area contributed by atoms with E-state index in [-0.39, 0.29) is 30.9 Å². The molecule has 0 bridgehead atoms.